The first-order valence-electron chi connectivity index (χ1n) is 11.3. The van der Waals surface area contributed by atoms with Gasteiger partial charge in [-0.05, 0) is 55.3 Å². The minimum Gasteiger partial charge on any atom is -0.494 e. The number of hydrogen-bond donors (Lipinski definition) is 3. The topological polar surface area (TPSA) is 79.5 Å². The molecule has 0 saturated heterocycles. The molecule has 0 heterocycles. The van der Waals surface area contributed by atoms with E-state index in [2.05, 4.69) is 22.9 Å². The monoisotopic (exact) mass is 425 g/mol. The number of unbranched alkanes of at least 4 members (excludes halogenated alkanes) is 4. The van der Waals surface area contributed by atoms with E-state index < -0.39 is 0 Å². The molecule has 0 spiro atoms. The molecule has 2 aromatic carbocycles. The van der Waals surface area contributed by atoms with Crippen molar-refractivity contribution in [1.82, 2.24) is 0 Å². The Bertz CT molecular complexity index is 806. The van der Waals surface area contributed by atoms with Gasteiger partial charge in [-0.2, -0.15) is 0 Å². The lowest BCUT2D eigenvalue weighted by molar-refractivity contribution is -0.116. The summed E-state index contributed by atoms with van der Waals surface area (Å²) in [6.45, 7) is 5.02. The Morgan fingerprint density at radius 2 is 1.48 bits per heavy atom. The Balaban J connectivity index is 1.72. The first kappa shape index (κ1) is 24.3. The second kappa shape index (κ2) is 14.1. The minimum absolute atomic E-state index is 0.0127. The highest BCUT2D eigenvalue weighted by molar-refractivity contribution is 5.94. The quantitative estimate of drug-likeness (QED) is 0.333. The van der Waals surface area contributed by atoms with Crippen molar-refractivity contribution in [1.29, 1.82) is 0 Å². The second-order valence-corrected chi connectivity index (χ2v) is 7.57. The Morgan fingerprint density at radius 1 is 0.774 bits per heavy atom. The summed E-state index contributed by atoms with van der Waals surface area (Å²) in [6.07, 6.45) is 7.34. The van der Waals surface area contributed by atoms with Crippen LogP contribution in [0.5, 0.6) is 5.75 Å². The smallest absolute Gasteiger partial charge is 0.243 e. The molecule has 6 heteroatoms. The van der Waals surface area contributed by atoms with Crippen LogP contribution < -0.4 is 20.7 Å². The van der Waals surface area contributed by atoms with Gasteiger partial charge in [0.1, 0.15) is 5.75 Å². The van der Waals surface area contributed by atoms with E-state index in [-0.39, 0.29) is 18.4 Å². The van der Waals surface area contributed by atoms with Gasteiger partial charge in [-0.1, -0.05) is 45.6 Å². The van der Waals surface area contributed by atoms with E-state index in [9.17, 15) is 9.59 Å². The van der Waals surface area contributed by atoms with Crippen LogP contribution >= 0.6 is 0 Å². The molecule has 2 rings (SSSR count). The molecular formula is C25H35N3O3. The van der Waals surface area contributed by atoms with Crippen LogP contribution in [0.4, 0.5) is 17.1 Å². The van der Waals surface area contributed by atoms with Crippen LogP contribution in [-0.2, 0) is 9.59 Å². The van der Waals surface area contributed by atoms with Crippen molar-refractivity contribution in [3.8, 4) is 5.75 Å². The predicted octanol–water partition coefficient (Wildman–Crippen LogP) is 5.83. The summed E-state index contributed by atoms with van der Waals surface area (Å²) in [5.41, 5.74) is 2.21. The Morgan fingerprint density at radius 3 is 2.23 bits per heavy atom. The molecule has 0 aliphatic carbocycles. The average Bonchev–Trinajstić information content (AvgIpc) is 2.76. The lowest BCUT2D eigenvalue weighted by Crippen LogP contribution is -2.21. The number of nitrogens with one attached hydrogen (secondary N) is 3. The van der Waals surface area contributed by atoms with Crippen molar-refractivity contribution in [2.45, 2.75) is 58.8 Å². The first-order chi connectivity index (χ1) is 15.1. The molecule has 0 bridgehead atoms. The van der Waals surface area contributed by atoms with Gasteiger partial charge in [0.25, 0.3) is 0 Å². The van der Waals surface area contributed by atoms with Crippen LogP contribution in [0.25, 0.3) is 0 Å². The van der Waals surface area contributed by atoms with Crippen LogP contribution in [0.1, 0.15) is 58.8 Å². The van der Waals surface area contributed by atoms with E-state index in [0.29, 0.717) is 12.1 Å². The summed E-state index contributed by atoms with van der Waals surface area (Å²) in [5, 5.41) is 8.80. The molecule has 6 nitrogen and oxygen atoms in total. The lowest BCUT2D eigenvalue weighted by atomic mass is 10.2. The molecule has 31 heavy (non-hydrogen) atoms. The summed E-state index contributed by atoms with van der Waals surface area (Å²) < 4.78 is 5.75. The maximum atomic E-state index is 12.2. The molecule has 0 unspecified atom stereocenters. The first-order valence-corrected chi connectivity index (χ1v) is 11.3. The Labute approximate surface area is 185 Å². The van der Waals surface area contributed by atoms with Gasteiger partial charge in [-0.25, -0.2) is 0 Å². The molecule has 0 fully saturated rings. The molecule has 3 N–H and O–H groups in total. The summed E-state index contributed by atoms with van der Waals surface area (Å²) in [5.74, 6) is 0.653. The van der Waals surface area contributed by atoms with Crippen molar-refractivity contribution in [2.24, 2.45) is 0 Å². The second-order valence-electron chi connectivity index (χ2n) is 7.57. The molecule has 2 aromatic rings. The van der Waals surface area contributed by atoms with Gasteiger partial charge in [0.15, 0.2) is 0 Å². The number of carbonyl (C=O) groups excluding carboxylic acids is 2. The molecule has 2 amide bonds. The highest BCUT2D eigenvalue weighted by Gasteiger charge is 2.05. The van der Waals surface area contributed by atoms with Crippen LogP contribution in [-0.4, -0.2) is 25.0 Å². The van der Waals surface area contributed by atoms with E-state index in [4.69, 9.17) is 4.74 Å². The van der Waals surface area contributed by atoms with E-state index in [0.717, 1.165) is 36.6 Å². The fraction of sp³-hybridized carbons (Fsp3) is 0.440. The maximum Gasteiger partial charge on any atom is 0.243 e. The zero-order chi connectivity index (χ0) is 22.3. The van der Waals surface area contributed by atoms with Gasteiger partial charge in [0.05, 0.1) is 13.2 Å². The lowest BCUT2D eigenvalue weighted by Gasteiger charge is -2.11. The number of benzene rings is 2. The SMILES string of the molecule is CCCCCCCOc1ccc(NC(=O)CNc2cccc(NC(=O)CCC)c2)cc1. The molecule has 0 aliphatic rings. The Kier molecular flexibility index (Phi) is 11.0. The summed E-state index contributed by atoms with van der Waals surface area (Å²) in [6, 6.07) is 14.8. The number of carbonyl (C=O) groups is 2. The third-order valence-electron chi connectivity index (χ3n) is 4.73. The number of anilines is 3. The van der Waals surface area contributed by atoms with Crippen molar-refractivity contribution < 1.29 is 14.3 Å². The molecule has 0 aromatic heterocycles. The predicted molar refractivity (Wildman–Crippen MR) is 128 cm³/mol. The average molecular weight is 426 g/mol. The minimum atomic E-state index is -0.148. The molecular weight excluding hydrogens is 390 g/mol. The summed E-state index contributed by atoms with van der Waals surface area (Å²) >= 11 is 0. The molecule has 168 valence electrons. The Hall–Kier alpha value is -3.02. The van der Waals surface area contributed by atoms with Gasteiger partial charge < -0.3 is 20.7 Å². The summed E-state index contributed by atoms with van der Waals surface area (Å²) in [7, 11) is 0. The number of rotatable bonds is 14. The molecule has 0 radical (unpaired) electrons. The highest BCUT2D eigenvalue weighted by atomic mass is 16.5. The van der Waals surface area contributed by atoms with Crippen LogP contribution in [0, 0.1) is 0 Å². The highest BCUT2D eigenvalue weighted by Crippen LogP contribution is 2.17. The molecule has 0 atom stereocenters. The van der Waals surface area contributed by atoms with Crippen molar-refractivity contribution in [3.63, 3.8) is 0 Å². The van der Waals surface area contributed by atoms with Gasteiger partial charge in [-0.3, -0.25) is 9.59 Å². The third kappa shape index (κ3) is 10.0. The fourth-order valence-corrected chi connectivity index (χ4v) is 3.08. The largest absolute Gasteiger partial charge is 0.494 e. The normalized spacial score (nSPS) is 10.4. The number of ether oxygens (including phenoxy) is 1. The van der Waals surface area contributed by atoms with Crippen molar-refractivity contribution in [2.75, 3.05) is 29.1 Å². The van der Waals surface area contributed by atoms with Crippen molar-refractivity contribution >= 4 is 28.9 Å². The van der Waals surface area contributed by atoms with E-state index >= 15 is 0 Å². The zero-order valence-electron chi connectivity index (χ0n) is 18.7. The van der Waals surface area contributed by atoms with Crippen LogP contribution in [0.3, 0.4) is 0 Å². The maximum absolute atomic E-state index is 12.2. The molecule has 0 saturated carbocycles. The summed E-state index contributed by atoms with van der Waals surface area (Å²) in [4.78, 5) is 24.0. The molecule has 0 aliphatic heterocycles. The van der Waals surface area contributed by atoms with Crippen LogP contribution in [0.2, 0.25) is 0 Å². The standard InChI is InChI=1S/C25H35N3O3/c1-3-5-6-7-8-17-31-23-15-13-20(14-16-23)27-25(30)19-26-21-11-9-12-22(18-21)28-24(29)10-4-2/h9,11-16,18,26H,3-8,10,17,19H2,1-2H3,(H,27,30)(H,28,29). The van der Waals surface area contributed by atoms with Crippen molar-refractivity contribution in [3.05, 3.63) is 48.5 Å². The third-order valence-corrected chi connectivity index (χ3v) is 4.73. The number of hydrogen-bond acceptors (Lipinski definition) is 4. The van der Waals surface area contributed by atoms with Gasteiger partial charge in [0, 0.05) is 23.5 Å². The van der Waals surface area contributed by atoms with Gasteiger partial charge in [0.2, 0.25) is 11.8 Å². The number of amides is 2. The van der Waals surface area contributed by atoms with E-state index in [1.54, 1.807) is 0 Å². The van der Waals surface area contributed by atoms with E-state index in [1.165, 1.54) is 25.7 Å². The zero-order valence-corrected chi connectivity index (χ0v) is 18.7. The fourth-order valence-electron chi connectivity index (χ4n) is 3.08. The van der Waals surface area contributed by atoms with Gasteiger partial charge >= 0.3 is 0 Å². The van der Waals surface area contributed by atoms with Gasteiger partial charge in [-0.15, -0.1) is 0 Å². The van der Waals surface area contributed by atoms with Crippen LogP contribution in [0.15, 0.2) is 48.5 Å². The van der Waals surface area contributed by atoms with E-state index in [1.807, 2.05) is 55.5 Å².